The van der Waals surface area contributed by atoms with Gasteiger partial charge < -0.3 is 5.32 Å². The topological polar surface area (TPSA) is 64.7 Å². The number of aryl methyl sites for hydroxylation is 1. The average molecular weight is 420 g/mol. The molecule has 26 heavy (non-hydrogen) atoms. The van der Waals surface area contributed by atoms with Crippen LogP contribution in [0.25, 0.3) is 0 Å². The molecule has 1 atom stereocenters. The van der Waals surface area contributed by atoms with Gasteiger partial charge in [-0.1, -0.05) is 18.2 Å². The molecule has 1 aromatic carbocycles. The molecule has 0 radical (unpaired) electrons. The first-order valence-corrected chi connectivity index (χ1v) is 8.94. The van der Waals surface area contributed by atoms with Crippen molar-refractivity contribution in [1.82, 2.24) is 19.6 Å². The van der Waals surface area contributed by atoms with Gasteiger partial charge in [-0.3, -0.25) is 14.2 Å². The highest BCUT2D eigenvalue weighted by Gasteiger charge is 2.20. The van der Waals surface area contributed by atoms with Crippen LogP contribution in [0.3, 0.4) is 0 Å². The number of benzene rings is 1. The summed E-state index contributed by atoms with van der Waals surface area (Å²) in [5.41, 5.74) is 2.64. The third-order valence-electron chi connectivity index (χ3n) is 4.25. The Hall–Kier alpha value is -2.48. The highest BCUT2D eigenvalue weighted by atomic mass is 79.9. The minimum absolute atomic E-state index is 0.197. The summed E-state index contributed by atoms with van der Waals surface area (Å²) in [5, 5.41) is 11.5. The molecule has 0 spiro atoms. The Morgan fingerprint density at radius 3 is 2.73 bits per heavy atom. The fourth-order valence-corrected chi connectivity index (χ4v) is 3.00. The number of hydrogen-bond acceptors (Lipinski definition) is 3. The smallest absolute Gasteiger partial charge is 0.249 e. The molecule has 2 heterocycles. The Morgan fingerprint density at radius 1 is 1.35 bits per heavy atom. The van der Waals surface area contributed by atoms with E-state index in [2.05, 4.69) is 31.4 Å². The summed E-state index contributed by atoms with van der Waals surface area (Å²) >= 11 is 3.32. The summed E-state index contributed by atoms with van der Waals surface area (Å²) < 4.78 is 18.0. The van der Waals surface area contributed by atoms with E-state index in [0.29, 0.717) is 23.5 Å². The van der Waals surface area contributed by atoms with E-state index in [4.69, 9.17) is 0 Å². The van der Waals surface area contributed by atoms with Crippen LogP contribution in [0.15, 0.2) is 41.1 Å². The minimum Gasteiger partial charge on any atom is -0.321 e. The van der Waals surface area contributed by atoms with Crippen LogP contribution in [0, 0.1) is 19.7 Å². The van der Waals surface area contributed by atoms with E-state index < -0.39 is 6.04 Å². The molecule has 0 aliphatic carbocycles. The number of halogens is 2. The van der Waals surface area contributed by atoms with E-state index in [9.17, 15) is 9.18 Å². The van der Waals surface area contributed by atoms with Crippen LogP contribution in [0.5, 0.6) is 0 Å². The van der Waals surface area contributed by atoms with Gasteiger partial charge in [-0.05, 0) is 42.8 Å². The summed E-state index contributed by atoms with van der Waals surface area (Å²) in [5.74, 6) is -0.472. The number of nitrogens with one attached hydrogen (secondary N) is 1. The van der Waals surface area contributed by atoms with Crippen molar-refractivity contribution < 1.29 is 9.18 Å². The number of amides is 1. The number of carbonyl (C=O) groups is 1. The molecule has 8 heteroatoms. The van der Waals surface area contributed by atoms with Crippen molar-refractivity contribution in [2.24, 2.45) is 0 Å². The van der Waals surface area contributed by atoms with Crippen LogP contribution in [0.4, 0.5) is 10.1 Å². The van der Waals surface area contributed by atoms with Crippen molar-refractivity contribution in [3.05, 3.63) is 63.9 Å². The Bertz CT molecular complexity index is 949. The number of rotatable bonds is 5. The highest BCUT2D eigenvalue weighted by molar-refractivity contribution is 9.10. The molecule has 136 valence electrons. The van der Waals surface area contributed by atoms with E-state index >= 15 is 0 Å². The van der Waals surface area contributed by atoms with E-state index in [0.717, 1.165) is 10.2 Å². The van der Waals surface area contributed by atoms with Crippen LogP contribution in [0.1, 0.15) is 29.9 Å². The lowest BCUT2D eigenvalue weighted by molar-refractivity contribution is -0.119. The first kappa shape index (κ1) is 18.3. The van der Waals surface area contributed by atoms with E-state index in [-0.39, 0.29) is 11.7 Å². The van der Waals surface area contributed by atoms with Crippen LogP contribution in [0.2, 0.25) is 0 Å². The van der Waals surface area contributed by atoms with Gasteiger partial charge in [0, 0.05) is 11.8 Å². The largest absolute Gasteiger partial charge is 0.321 e. The second-order valence-corrected chi connectivity index (χ2v) is 7.01. The molecule has 0 saturated heterocycles. The second-order valence-electron chi connectivity index (χ2n) is 6.10. The van der Waals surface area contributed by atoms with Crippen molar-refractivity contribution in [3.63, 3.8) is 0 Å². The van der Waals surface area contributed by atoms with Gasteiger partial charge in [-0.2, -0.15) is 10.2 Å². The predicted molar refractivity (Wildman–Crippen MR) is 100 cm³/mol. The van der Waals surface area contributed by atoms with Gasteiger partial charge in [-0.25, -0.2) is 4.39 Å². The summed E-state index contributed by atoms with van der Waals surface area (Å²) in [7, 11) is 0. The SMILES string of the molecule is Cc1nn(Cc2ccccc2F)c(C)c1NC(=O)C(C)n1cc(Br)cn1. The zero-order valence-electron chi connectivity index (χ0n) is 14.7. The first-order valence-electron chi connectivity index (χ1n) is 8.14. The molecule has 0 aliphatic rings. The lowest BCUT2D eigenvalue weighted by Crippen LogP contribution is -2.24. The fraction of sp³-hybridized carbons (Fsp3) is 0.278. The summed E-state index contributed by atoms with van der Waals surface area (Å²) in [4.78, 5) is 12.6. The third-order valence-corrected chi connectivity index (χ3v) is 4.66. The van der Waals surface area contributed by atoms with Gasteiger partial charge in [0.25, 0.3) is 0 Å². The maximum atomic E-state index is 13.9. The molecule has 1 unspecified atom stereocenters. The second kappa shape index (κ2) is 7.41. The van der Waals surface area contributed by atoms with Gasteiger partial charge in [0.15, 0.2) is 0 Å². The summed E-state index contributed by atoms with van der Waals surface area (Å²) in [6.07, 6.45) is 3.37. The van der Waals surface area contributed by atoms with Crippen LogP contribution in [-0.2, 0) is 11.3 Å². The van der Waals surface area contributed by atoms with E-state index in [1.165, 1.54) is 6.07 Å². The Balaban J connectivity index is 1.79. The Kier molecular flexibility index (Phi) is 5.22. The molecule has 0 saturated carbocycles. The molecule has 3 aromatic rings. The molecule has 1 N–H and O–H groups in total. The van der Waals surface area contributed by atoms with E-state index in [1.54, 1.807) is 46.9 Å². The normalized spacial score (nSPS) is 12.2. The van der Waals surface area contributed by atoms with E-state index in [1.807, 2.05) is 13.8 Å². The van der Waals surface area contributed by atoms with Crippen LogP contribution in [-0.4, -0.2) is 25.5 Å². The fourth-order valence-electron chi connectivity index (χ4n) is 2.69. The molecule has 0 bridgehead atoms. The molecule has 0 aliphatic heterocycles. The van der Waals surface area contributed by atoms with Gasteiger partial charge in [-0.15, -0.1) is 0 Å². The molecule has 0 fully saturated rings. The number of nitrogens with zero attached hydrogens (tertiary/aromatic N) is 4. The minimum atomic E-state index is -0.477. The Morgan fingerprint density at radius 2 is 2.08 bits per heavy atom. The van der Waals surface area contributed by atoms with Crippen molar-refractivity contribution in [3.8, 4) is 0 Å². The van der Waals surface area contributed by atoms with Crippen molar-refractivity contribution in [2.45, 2.75) is 33.4 Å². The van der Waals surface area contributed by atoms with Crippen molar-refractivity contribution in [1.29, 1.82) is 0 Å². The predicted octanol–water partition coefficient (Wildman–Crippen LogP) is 3.85. The molecule has 2 aromatic heterocycles. The summed E-state index contributed by atoms with van der Waals surface area (Å²) in [6.45, 7) is 5.74. The molecular formula is C18H19BrFN5O. The summed E-state index contributed by atoms with van der Waals surface area (Å²) in [6, 6.07) is 6.11. The van der Waals surface area contributed by atoms with Crippen molar-refractivity contribution >= 4 is 27.5 Å². The molecular weight excluding hydrogens is 401 g/mol. The molecule has 6 nitrogen and oxygen atoms in total. The van der Waals surface area contributed by atoms with Crippen LogP contribution < -0.4 is 5.32 Å². The number of carbonyl (C=O) groups excluding carboxylic acids is 1. The quantitative estimate of drug-likeness (QED) is 0.682. The average Bonchev–Trinajstić information content (AvgIpc) is 3.15. The lowest BCUT2D eigenvalue weighted by atomic mass is 10.2. The monoisotopic (exact) mass is 419 g/mol. The van der Waals surface area contributed by atoms with Gasteiger partial charge in [0.2, 0.25) is 5.91 Å². The van der Waals surface area contributed by atoms with Crippen LogP contribution >= 0.6 is 15.9 Å². The zero-order valence-corrected chi connectivity index (χ0v) is 16.3. The standard InChI is InChI=1S/C18H19BrFN5O/c1-11-17(22-18(26)13(3)24-10-15(19)8-21-24)12(2)25(23-11)9-14-6-4-5-7-16(14)20/h4-8,10,13H,9H2,1-3H3,(H,22,26). The van der Waals surface area contributed by atoms with Gasteiger partial charge >= 0.3 is 0 Å². The third kappa shape index (κ3) is 3.70. The molecule has 3 rings (SSSR count). The van der Waals surface area contributed by atoms with Crippen molar-refractivity contribution in [2.75, 3.05) is 5.32 Å². The number of hydrogen-bond donors (Lipinski definition) is 1. The number of aromatic nitrogens is 4. The maximum Gasteiger partial charge on any atom is 0.249 e. The maximum absolute atomic E-state index is 13.9. The number of anilines is 1. The first-order chi connectivity index (χ1) is 12.4. The lowest BCUT2D eigenvalue weighted by Gasteiger charge is -2.13. The molecule has 1 amide bonds. The Labute approximate surface area is 159 Å². The zero-order chi connectivity index (χ0) is 18.8. The van der Waals surface area contributed by atoms with Gasteiger partial charge in [0.05, 0.1) is 34.3 Å². The van der Waals surface area contributed by atoms with Gasteiger partial charge in [0.1, 0.15) is 11.9 Å². The highest BCUT2D eigenvalue weighted by Crippen LogP contribution is 2.22.